The van der Waals surface area contributed by atoms with Crippen molar-refractivity contribution in [3.8, 4) is 0 Å². The van der Waals surface area contributed by atoms with Crippen LogP contribution in [0.4, 0.5) is 5.69 Å². The summed E-state index contributed by atoms with van der Waals surface area (Å²) in [6, 6.07) is 17.3. The van der Waals surface area contributed by atoms with E-state index in [0.717, 1.165) is 39.7 Å². The lowest BCUT2D eigenvalue weighted by atomic mass is 10.0. The standard InChI is InChI=1S/C28H27N3O5S2/c1-18-15-24-25(16-19(18)2)37-28(30(24)17-26(32)36-3)29-27(33)21-10-12-22(13-11-21)38(34,35)31-14-6-8-20-7-4-5-9-23(20)31/h4-5,7,9-13,15-16H,6,8,14,17H2,1-3H3. The summed E-state index contributed by atoms with van der Waals surface area (Å²) in [5.41, 5.74) is 4.88. The van der Waals surface area contributed by atoms with Crippen LogP contribution in [-0.2, 0) is 32.5 Å². The number of aryl methyl sites for hydroxylation is 3. The Labute approximate surface area is 224 Å². The van der Waals surface area contributed by atoms with Gasteiger partial charge in [-0.25, -0.2) is 8.42 Å². The first-order valence-electron chi connectivity index (χ1n) is 12.2. The van der Waals surface area contributed by atoms with Gasteiger partial charge in [0.05, 0.1) is 27.9 Å². The number of nitrogens with zero attached hydrogens (tertiary/aromatic N) is 3. The molecule has 0 saturated heterocycles. The third-order valence-corrected chi connectivity index (χ3v) is 9.64. The average Bonchev–Trinajstić information content (AvgIpc) is 3.23. The minimum absolute atomic E-state index is 0.0837. The molecule has 10 heteroatoms. The van der Waals surface area contributed by atoms with E-state index in [1.807, 2.05) is 50.2 Å². The fourth-order valence-corrected chi connectivity index (χ4v) is 7.20. The summed E-state index contributed by atoms with van der Waals surface area (Å²) >= 11 is 1.31. The Morgan fingerprint density at radius 2 is 1.74 bits per heavy atom. The molecule has 196 valence electrons. The lowest BCUT2D eigenvalue weighted by molar-refractivity contribution is -0.141. The molecular weight excluding hydrogens is 522 g/mol. The predicted octanol–water partition coefficient (Wildman–Crippen LogP) is 4.38. The van der Waals surface area contributed by atoms with Crippen molar-refractivity contribution in [2.75, 3.05) is 18.0 Å². The van der Waals surface area contributed by atoms with E-state index in [-0.39, 0.29) is 17.0 Å². The number of aromatic nitrogens is 1. The zero-order chi connectivity index (χ0) is 27.0. The number of carbonyl (C=O) groups is 2. The summed E-state index contributed by atoms with van der Waals surface area (Å²) in [4.78, 5) is 30.0. The molecule has 3 aromatic carbocycles. The van der Waals surface area contributed by atoms with Crippen molar-refractivity contribution in [2.45, 2.75) is 38.1 Å². The molecule has 1 aliphatic rings. The number of sulfonamides is 1. The molecule has 0 atom stereocenters. The van der Waals surface area contributed by atoms with Crippen LogP contribution in [0, 0.1) is 13.8 Å². The highest BCUT2D eigenvalue weighted by atomic mass is 32.2. The molecule has 5 rings (SSSR count). The molecular formula is C28H27N3O5S2. The Morgan fingerprint density at radius 3 is 2.47 bits per heavy atom. The number of fused-ring (bicyclic) bond motifs is 2. The zero-order valence-corrected chi connectivity index (χ0v) is 22.9. The summed E-state index contributed by atoms with van der Waals surface area (Å²) in [7, 11) is -2.48. The highest BCUT2D eigenvalue weighted by Gasteiger charge is 2.29. The van der Waals surface area contributed by atoms with Gasteiger partial charge in [0, 0.05) is 12.1 Å². The first-order valence-corrected chi connectivity index (χ1v) is 14.4. The number of hydrogen-bond donors (Lipinski definition) is 0. The van der Waals surface area contributed by atoms with Crippen molar-refractivity contribution in [1.29, 1.82) is 0 Å². The van der Waals surface area contributed by atoms with Gasteiger partial charge in [0.25, 0.3) is 15.9 Å². The molecule has 0 N–H and O–H groups in total. The van der Waals surface area contributed by atoms with Crippen LogP contribution in [0.2, 0.25) is 0 Å². The molecule has 1 amide bonds. The summed E-state index contributed by atoms with van der Waals surface area (Å²) in [6.45, 7) is 4.30. The van der Waals surface area contributed by atoms with Crippen molar-refractivity contribution in [3.05, 3.63) is 87.7 Å². The van der Waals surface area contributed by atoms with Gasteiger partial charge < -0.3 is 9.30 Å². The fraction of sp³-hybridized carbons (Fsp3) is 0.250. The Kier molecular flexibility index (Phi) is 6.93. The van der Waals surface area contributed by atoms with Crippen LogP contribution in [0.25, 0.3) is 10.2 Å². The van der Waals surface area contributed by atoms with Gasteiger partial charge in [-0.15, -0.1) is 0 Å². The highest BCUT2D eigenvalue weighted by Crippen LogP contribution is 2.32. The third-order valence-electron chi connectivity index (χ3n) is 6.77. The van der Waals surface area contributed by atoms with E-state index in [2.05, 4.69) is 4.99 Å². The Morgan fingerprint density at radius 1 is 1.03 bits per heavy atom. The van der Waals surface area contributed by atoms with Crippen molar-refractivity contribution in [1.82, 2.24) is 4.57 Å². The van der Waals surface area contributed by atoms with Gasteiger partial charge >= 0.3 is 5.97 Å². The molecule has 0 fully saturated rings. The van der Waals surface area contributed by atoms with Gasteiger partial charge in [-0.1, -0.05) is 29.5 Å². The number of para-hydroxylation sites is 1. The van der Waals surface area contributed by atoms with Crippen LogP contribution in [0.15, 0.2) is 70.6 Å². The van der Waals surface area contributed by atoms with E-state index in [4.69, 9.17) is 4.74 Å². The zero-order valence-electron chi connectivity index (χ0n) is 21.3. The Bertz CT molecular complexity index is 1730. The number of hydrogen-bond acceptors (Lipinski definition) is 6. The molecule has 4 aromatic rings. The van der Waals surface area contributed by atoms with Gasteiger partial charge in [-0.2, -0.15) is 4.99 Å². The topological polar surface area (TPSA) is 98.0 Å². The van der Waals surface area contributed by atoms with E-state index in [0.29, 0.717) is 17.0 Å². The van der Waals surface area contributed by atoms with Gasteiger partial charge in [-0.05, 0) is 85.8 Å². The third kappa shape index (κ3) is 4.77. The summed E-state index contributed by atoms with van der Waals surface area (Å²) in [6.07, 6.45) is 1.58. The minimum Gasteiger partial charge on any atom is -0.468 e. The number of rotatable bonds is 5. The van der Waals surface area contributed by atoms with Gasteiger partial charge in [-0.3, -0.25) is 13.9 Å². The minimum atomic E-state index is -3.79. The smallest absolute Gasteiger partial charge is 0.325 e. The van der Waals surface area contributed by atoms with Gasteiger partial charge in [0.2, 0.25) is 0 Å². The average molecular weight is 550 g/mol. The number of methoxy groups -OCH3 is 1. The molecule has 0 radical (unpaired) electrons. The lowest BCUT2D eigenvalue weighted by Gasteiger charge is -2.30. The molecule has 0 aliphatic carbocycles. The lowest BCUT2D eigenvalue weighted by Crippen LogP contribution is -2.35. The van der Waals surface area contributed by atoms with Crippen LogP contribution >= 0.6 is 11.3 Å². The Balaban J connectivity index is 1.49. The second-order valence-corrected chi connectivity index (χ2v) is 12.1. The fourth-order valence-electron chi connectivity index (χ4n) is 4.55. The van der Waals surface area contributed by atoms with Crippen molar-refractivity contribution in [2.24, 2.45) is 4.99 Å². The van der Waals surface area contributed by atoms with Crippen molar-refractivity contribution in [3.63, 3.8) is 0 Å². The van der Waals surface area contributed by atoms with Crippen molar-refractivity contribution >= 4 is 49.1 Å². The van der Waals surface area contributed by atoms with Crippen LogP contribution in [-0.4, -0.2) is 38.5 Å². The number of carbonyl (C=O) groups excluding carboxylic acids is 2. The first-order chi connectivity index (χ1) is 18.2. The van der Waals surface area contributed by atoms with E-state index in [1.54, 1.807) is 4.57 Å². The summed E-state index contributed by atoms with van der Waals surface area (Å²) in [5, 5.41) is 0. The quantitative estimate of drug-likeness (QED) is 0.344. The number of ether oxygens (including phenoxy) is 1. The van der Waals surface area contributed by atoms with Crippen LogP contribution < -0.4 is 9.11 Å². The number of benzene rings is 3. The Hall–Kier alpha value is -3.76. The largest absolute Gasteiger partial charge is 0.468 e. The van der Waals surface area contributed by atoms with Gasteiger partial charge in [0.1, 0.15) is 6.54 Å². The summed E-state index contributed by atoms with van der Waals surface area (Å²) in [5.74, 6) is -0.985. The van der Waals surface area contributed by atoms with E-state index in [1.165, 1.54) is 47.0 Å². The molecule has 0 saturated carbocycles. The molecule has 2 heterocycles. The number of esters is 1. The SMILES string of the molecule is COC(=O)Cn1c(=NC(=O)c2ccc(S(=O)(=O)N3CCCc4ccccc43)cc2)sc2cc(C)c(C)cc21. The van der Waals surface area contributed by atoms with Crippen LogP contribution in [0.5, 0.6) is 0 Å². The maximum atomic E-state index is 13.4. The molecule has 8 nitrogen and oxygen atoms in total. The molecule has 0 bridgehead atoms. The molecule has 1 aromatic heterocycles. The van der Waals surface area contributed by atoms with Crippen LogP contribution in [0.1, 0.15) is 33.5 Å². The maximum Gasteiger partial charge on any atom is 0.325 e. The number of anilines is 1. The van der Waals surface area contributed by atoms with Crippen molar-refractivity contribution < 1.29 is 22.7 Å². The first kappa shape index (κ1) is 25.9. The highest BCUT2D eigenvalue weighted by molar-refractivity contribution is 7.92. The molecule has 38 heavy (non-hydrogen) atoms. The van der Waals surface area contributed by atoms with Gasteiger partial charge in [0.15, 0.2) is 4.80 Å². The molecule has 0 spiro atoms. The second kappa shape index (κ2) is 10.2. The number of amides is 1. The second-order valence-electron chi connectivity index (χ2n) is 9.20. The molecule has 0 unspecified atom stereocenters. The number of thiazole rings is 1. The van der Waals surface area contributed by atoms with E-state index >= 15 is 0 Å². The van der Waals surface area contributed by atoms with Crippen LogP contribution in [0.3, 0.4) is 0 Å². The normalized spacial score (nSPS) is 14.0. The monoisotopic (exact) mass is 549 g/mol. The summed E-state index contributed by atoms with van der Waals surface area (Å²) < 4.78 is 35.7. The van der Waals surface area contributed by atoms with E-state index < -0.39 is 21.9 Å². The molecule has 1 aliphatic heterocycles. The van der Waals surface area contributed by atoms with E-state index in [9.17, 15) is 18.0 Å². The maximum absolute atomic E-state index is 13.4. The predicted molar refractivity (Wildman–Crippen MR) is 147 cm³/mol.